The van der Waals surface area contributed by atoms with Crippen LogP contribution in [0.3, 0.4) is 0 Å². The van der Waals surface area contributed by atoms with Crippen molar-refractivity contribution in [1.29, 1.82) is 0 Å². The maximum absolute atomic E-state index is 12.7. The molecule has 3 aliphatic carbocycles. The predicted molar refractivity (Wildman–Crippen MR) is 95.8 cm³/mol. The molecule has 0 saturated heterocycles. The Labute approximate surface area is 152 Å². The van der Waals surface area contributed by atoms with Crippen LogP contribution in [0.25, 0.3) is 0 Å². The van der Waals surface area contributed by atoms with E-state index < -0.39 is 5.41 Å². The Kier molecular flexibility index (Phi) is 4.28. The average Bonchev–Trinajstić information content (AvgIpc) is 2.99. The molecule has 0 aliphatic heterocycles. The fraction of sp³-hybridized carbons (Fsp3) is 0.905. The normalized spacial score (nSPS) is 36.6. The fourth-order valence-electron chi connectivity index (χ4n) is 5.31. The summed E-state index contributed by atoms with van der Waals surface area (Å²) in [6.07, 6.45) is 5.66. The number of hydrogen-bond donors (Lipinski definition) is 0. The fourth-order valence-corrected chi connectivity index (χ4v) is 5.31. The number of carbonyl (C=O) groups excluding carboxylic acids is 2. The van der Waals surface area contributed by atoms with Crippen molar-refractivity contribution in [2.75, 3.05) is 13.2 Å². The van der Waals surface area contributed by atoms with Gasteiger partial charge in [0.25, 0.3) is 0 Å². The minimum absolute atomic E-state index is 0.0461. The first-order valence-electron chi connectivity index (χ1n) is 9.78. The molecule has 3 rings (SSSR count). The number of hydrogen-bond acceptors (Lipinski definition) is 4. The molecule has 3 saturated carbocycles. The molecule has 2 bridgehead atoms. The molecular weight excluding hydrogens is 316 g/mol. The van der Waals surface area contributed by atoms with E-state index in [1.165, 1.54) is 19.3 Å². The monoisotopic (exact) mass is 350 g/mol. The van der Waals surface area contributed by atoms with Gasteiger partial charge in [0.2, 0.25) is 0 Å². The first kappa shape index (κ1) is 18.7. The lowest BCUT2D eigenvalue weighted by molar-refractivity contribution is -0.166. The zero-order valence-electron chi connectivity index (χ0n) is 16.7. The lowest BCUT2D eigenvalue weighted by atomic mass is 9.69. The third-order valence-electron chi connectivity index (χ3n) is 7.65. The molecule has 0 aromatic carbocycles. The molecule has 0 heterocycles. The summed E-state index contributed by atoms with van der Waals surface area (Å²) in [5.41, 5.74) is -0.735. The third-order valence-corrected chi connectivity index (χ3v) is 7.65. The van der Waals surface area contributed by atoms with Crippen molar-refractivity contribution < 1.29 is 19.1 Å². The van der Waals surface area contributed by atoms with Crippen molar-refractivity contribution in [3.05, 3.63) is 0 Å². The Morgan fingerprint density at radius 3 is 2.28 bits per heavy atom. The topological polar surface area (TPSA) is 52.6 Å². The van der Waals surface area contributed by atoms with Gasteiger partial charge in [-0.05, 0) is 68.6 Å². The Morgan fingerprint density at radius 1 is 1.00 bits per heavy atom. The van der Waals surface area contributed by atoms with E-state index in [1.807, 2.05) is 34.6 Å². The molecule has 1 spiro atoms. The number of carbonyl (C=O) groups is 2. The Balaban J connectivity index is 1.47. The summed E-state index contributed by atoms with van der Waals surface area (Å²) in [5, 5.41) is 0. The Morgan fingerprint density at radius 2 is 1.64 bits per heavy atom. The van der Waals surface area contributed by atoms with Gasteiger partial charge in [0.05, 0.1) is 10.8 Å². The molecule has 4 atom stereocenters. The Hall–Kier alpha value is -1.06. The number of esters is 2. The number of ether oxygens (including phenoxy) is 2. The molecule has 25 heavy (non-hydrogen) atoms. The minimum Gasteiger partial charge on any atom is -0.462 e. The molecule has 4 heteroatoms. The van der Waals surface area contributed by atoms with E-state index >= 15 is 0 Å². The van der Waals surface area contributed by atoms with Crippen molar-refractivity contribution in [3.63, 3.8) is 0 Å². The van der Waals surface area contributed by atoms with Crippen LogP contribution in [-0.4, -0.2) is 25.2 Å². The molecular formula is C21H34O4. The summed E-state index contributed by atoms with van der Waals surface area (Å²) in [6, 6.07) is 0. The zero-order chi connectivity index (χ0) is 18.7. The quantitative estimate of drug-likeness (QED) is 0.546. The van der Waals surface area contributed by atoms with Crippen LogP contribution in [-0.2, 0) is 19.1 Å². The smallest absolute Gasteiger partial charge is 0.312 e. The highest BCUT2D eigenvalue weighted by Gasteiger charge is 2.77. The van der Waals surface area contributed by atoms with Crippen LogP contribution in [0.15, 0.2) is 0 Å². The summed E-state index contributed by atoms with van der Waals surface area (Å²) in [4.78, 5) is 25.0. The summed E-state index contributed by atoms with van der Waals surface area (Å²) in [5.74, 6) is 1.16. The molecule has 0 radical (unpaired) electrons. The minimum atomic E-state index is -0.574. The highest BCUT2D eigenvalue weighted by molar-refractivity contribution is 5.83. The van der Waals surface area contributed by atoms with Gasteiger partial charge in [0.1, 0.15) is 13.2 Å². The maximum atomic E-state index is 12.7. The average molecular weight is 350 g/mol. The van der Waals surface area contributed by atoms with Crippen LogP contribution >= 0.6 is 0 Å². The molecule has 142 valence electrons. The summed E-state index contributed by atoms with van der Waals surface area (Å²) in [7, 11) is 0. The van der Waals surface area contributed by atoms with Gasteiger partial charge < -0.3 is 9.47 Å². The van der Waals surface area contributed by atoms with Crippen LogP contribution in [0.1, 0.15) is 73.6 Å². The highest BCUT2D eigenvalue weighted by Crippen LogP contribution is 2.80. The van der Waals surface area contributed by atoms with E-state index in [0.29, 0.717) is 5.92 Å². The highest BCUT2D eigenvalue weighted by atomic mass is 16.6. The van der Waals surface area contributed by atoms with Crippen LogP contribution in [0.4, 0.5) is 0 Å². The van der Waals surface area contributed by atoms with Gasteiger partial charge in [-0.1, -0.05) is 27.7 Å². The van der Waals surface area contributed by atoms with Gasteiger partial charge in [0.15, 0.2) is 0 Å². The molecule has 0 aromatic heterocycles. The second-order valence-electron chi connectivity index (χ2n) is 10.5. The van der Waals surface area contributed by atoms with E-state index in [1.54, 1.807) is 0 Å². The van der Waals surface area contributed by atoms with Gasteiger partial charge in [-0.15, -0.1) is 0 Å². The largest absolute Gasteiger partial charge is 0.462 e. The maximum Gasteiger partial charge on any atom is 0.312 e. The van der Waals surface area contributed by atoms with E-state index in [9.17, 15) is 9.59 Å². The molecule has 4 nitrogen and oxygen atoms in total. The van der Waals surface area contributed by atoms with Crippen LogP contribution < -0.4 is 0 Å². The molecule has 0 amide bonds. The second-order valence-corrected chi connectivity index (χ2v) is 10.5. The van der Waals surface area contributed by atoms with E-state index in [4.69, 9.17) is 9.47 Å². The SMILES string of the molecule is CC1CC2CC3(C1)CC3(C(=O)OCCOC(=O)C(C)(C)C(C)(C)C)C2. The summed E-state index contributed by atoms with van der Waals surface area (Å²) in [6.45, 7) is 12.5. The molecule has 3 fully saturated rings. The number of fused-ring (bicyclic) bond motifs is 1. The Bertz CT molecular complexity index is 573. The van der Waals surface area contributed by atoms with Crippen LogP contribution in [0, 0.1) is 33.5 Å². The first-order chi connectivity index (χ1) is 11.4. The van der Waals surface area contributed by atoms with Gasteiger partial charge in [-0.2, -0.15) is 0 Å². The zero-order valence-corrected chi connectivity index (χ0v) is 16.7. The first-order valence-corrected chi connectivity index (χ1v) is 9.78. The molecule has 3 aliphatic rings. The summed E-state index contributed by atoms with van der Waals surface area (Å²) < 4.78 is 10.9. The van der Waals surface area contributed by atoms with Crippen molar-refractivity contribution in [3.8, 4) is 0 Å². The van der Waals surface area contributed by atoms with Crippen molar-refractivity contribution in [1.82, 2.24) is 0 Å². The van der Waals surface area contributed by atoms with Crippen molar-refractivity contribution in [2.45, 2.75) is 73.6 Å². The number of rotatable bonds is 5. The van der Waals surface area contributed by atoms with E-state index in [2.05, 4.69) is 6.92 Å². The molecule has 0 aromatic rings. The lowest BCUT2D eigenvalue weighted by Gasteiger charge is -2.36. The standard InChI is InChI=1S/C21H34O4/c1-14-9-15-11-20(10-14)13-21(20,12-15)17(23)25-8-7-24-16(22)19(5,6)18(2,3)4/h14-15H,7-13H2,1-6H3. The third kappa shape index (κ3) is 2.90. The van der Waals surface area contributed by atoms with Gasteiger partial charge >= 0.3 is 11.9 Å². The second kappa shape index (κ2) is 5.72. The van der Waals surface area contributed by atoms with Crippen molar-refractivity contribution in [2.24, 2.45) is 33.5 Å². The summed E-state index contributed by atoms with van der Waals surface area (Å²) >= 11 is 0. The van der Waals surface area contributed by atoms with Crippen LogP contribution in [0.5, 0.6) is 0 Å². The van der Waals surface area contributed by atoms with Gasteiger partial charge in [-0.3, -0.25) is 9.59 Å². The van der Waals surface area contributed by atoms with Crippen LogP contribution in [0.2, 0.25) is 0 Å². The van der Waals surface area contributed by atoms with Crippen molar-refractivity contribution >= 4 is 11.9 Å². The molecule has 4 unspecified atom stereocenters. The lowest BCUT2D eigenvalue weighted by Crippen LogP contribution is -2.39. The van der Waals surface area contributed by atoms with E-state index in [0.717, 1.165) is 18.8 Å². The predicted octanol–water partition coefficient (Wildman–Crippen LogP) is 4.36. The van der Waals surface area contributed by atoms with Gasteiger partial charge in [-0.25, -0.2) is 0 Å². The van der Waals surface area contributed by atoms with E-state index in [-0.39, 0.29) is 41.4 Å². The molecule has 0 N–H and O–H groups in total. The van der Waals surface area contributed by atoms with Gasteiger partial charge in [0, 0.05) is 0 Å².